The summed E-state index contributed by atoms with van der Waals surface area (Å²) in [5.41, 5.74) is 3.19. The molecule has 0 aliphatic carbocycles. The van der Waals surface area contributed by atoms with E-state index in [1.807, 2.05) is 93.6 Å². The first-order chi connectivity index (χ1) is 12.7. The molecule has 140 valence electrons. The zero-order valence-electron chi connectivity index (χ0n) is 15.5. The Kier molecular flexibility index (Phi) is 5.48. The van der Waals surface area contributed by atoms with Crippen molar-refractivity contribution in [2.75, 3.05) is 0 Å². The van der Waals surface area contributed by atoms with E-state index >= 15 is 0 Å². The quantitative estimate of drug-likeness (QED) is 0.510. The molecule has 6 heteroatoms. The first kappa shape index (κ1) is 19.7. The van der Waals surface area contributed by atoms with Crippen LogP contribution < -0.4 is 15.6 Å². The van der Waals surface area contributed by atoms with E-state index in [-0.39, 0.29) is 0 Å². The van der Waals surface area contributed by atoms with Crippen molar-refractivity contribution in [3.8, 4) is 0 Å². The fourth-order valence-electron chi connectivity index (χ4n) is 3.17. The average molecular weight is 418 g/mol. The van der Waals surface area contributed by atoms with E-state index in [0.29, 0.717) is 0 Å². The molecule has 0 aliphatic heterocycles. The summed E-state index contributed by atoms with van der Waals surface area (Å²) in [6.45, 7) is 5.91. The van der Waals surface area contributed by atoms with Gasteiger partial charge in [-0.1, -0.05) is 0 Å². The number of hydrogen-bond donors (Lipinski definition) is 1. The molecule has 0 spiro atoms. The topological polar surface area (TPSA) is 63.6 Å². The Labute approximate surface area is 163 Å². The number of hydrogen-bond acceptors (Lipinski definition) is 3. The molecule has 0 radical (unpaired) electrons. The standard InChI is InChI=1S/C21H21OSi.Cr.H2O.2O/c1-16-4-10-19(11-5-16)23(22,20-12-6-17(2)7-13-20)21-14-8-18(3)9-15-21;;;;/h4-15H,1-3H3;;1H2;;/q-1;+2;;;/p-1. The van der Waals surface area contributed by atoms with Gasteiger partial charge in [0.2, 0.25) is 0 Å². The van der Waals surface area contributed by atoms with Crippen molar-refractivity contribution in [1.29, 1.82) is 0 Å². The van der Waals surface area contributed by atoms with Gasteiger partial charge in [-0.3, -0.25) is 0 Å². The monoisotopic (exact) mass is 418 g/mol. The third kappa shape index (κ3) is 4.27. The first-order valence-electron chi connectivity index (χ1n) is 8.60. The van der Waals surface area contributed by atoms with Crippen LogP contribution in [0.1, 0.15) is 16.7 Å². The van der Waals surface area contributed by atoms with E-state index in [4.69, 9.17) is 3.48 Å². The Morgan fingerprint density at radius 3 is 1.11 bits per heavy atom. The molecule has 3 aromatic rings. The molecule has 3 rings (SSSR count). The molecule has 0 bridgehead atoms. The van der Waals surface area contributed by atoms with Crippen LogP contribution in [0.3, 0.4) is 0 Å². The Bertz CT molecular complexity index is 914. The van der Waals surface area contributed by atoms with Crippen molar-refractivity contribution in [2.24, 2.45) is 0 Å². The van der Waals surface area contributed by atoms with Crippen molar-refractivity contribution in [2.45, 2.75) is 20.8 Å². The molecule has 0 saturated heterocycles. The van der Waals surface area contributed by atoms with Gasteiger partial charge in [-0.25, -0.2) is 0 Å². The Hall–Kier alpha value is -2.07. The molecule has 0 aromatic heterocycles. The van der Waals surface area contributed by atoms with Gasteiger partial charge in [0.25, 0.3) is 0 Å². The van der Waals surface area contributed by atoms with Gasteiger partial charge in [-0.05, 0) is 0 Å². The summed E-state index contributed by atoms with van der Waals surface area (Å²) >= 11 is -5.52. The molecule has 4 nitrogen and oxygen atoms in total. The molecule has 0 atom stereocenters. The number of aryl methyl sites for hydroxylation is 3. The Morgan fingerprint density at radius 2 is 0.889 bits per heavy atom. The average Bonchev–Trinajstić information content (AvgIpc) is 2.61. The van der Waals surface area contributed by atoms with Crippen molar-refractivity contribution in [3.05, 3.63) is 89.5 Å². The normalized spacial score (nSPS) is 12.1. The molecule has 0 amide bonds. The molecule has 0 aliphatic rings. The second-order valence-corrected chi connectivity index (χ2v) is 12.2. The maximum absolute atomic E-state index is 12.0. The van der Waals surface area contributed by atoms with Crippen LogP contribution in [0.5, 0.6) is 0 Å². The number of rotatable bonds is 5. The summed E-state index contributed by atoms with van der Waals surface area (Å²) in [7, 11) is -3.43. The predicted molar refractivity (Wildman–Crippen MR) is 103 cm³/mol. The minimum atomic E-state index is -5.52. The van der Waals surface area contributed by atoms with Crippen LogP contribution in [0.25, 0.3) is 0 Å². The predicted octanol–water partition coefficient (Wildman–Crippen LogP) is 2.26. The molecule has 0 heterocycles. The molecule has 0 fully saturated rings. The SMILES string of the molecule is Cc1ccc([Si]([O][Cr](=[O])(=[O])[OH])(c2ccc(C)cc2)c2ccc(C)cc2)cc1. The zero-order chi connectivity index (χ0) is 19.7. The molecular weight excluding hydrogens is 396 g/mol. The second kappa shape index (κ2) is 7.51. The van der Waals surface area contributed by atoms with Crippen molar-refractivity contribution in [1.82, 2.24) is 0 Å². The summed E-state index contributed by atoms with van der Waals surface area (Å²) in [5, 5.41) is 2.30. The van der Waals surface area contributed by atoms with Crippen LogP contribution in [0.4, 0.5) is 0 Å². The van der Waals surface area contributed by atoms with E-state index in [2.05, 4.69) is 0 Å². The Balaban J connectivity index is 2.37. The summed E-state index contributed by atoms with van der Waals surface area (Å²) in [4.78, 5) is 0. The second-order valence-electron chi connectivity index (χ2n) is 6.79. The van der Waals surface area contributed by atoms with Gasteiger partial charge in [0, 0.05) is 0 Å². The van der Waals surface area contributed by atoms with Gasteiger partial charge < -0.3 is 0 Å². The molecule has 1 N–H and O–H groups in total. The maximum atomic E-state index is 12.0. The van der Waals surface area contributed by atoms with Crippen LogP contribution in [0.2, 0.25) is 0 Å². The minimum absolute atomic E-state index is 0.767. The summed E-state index contributed by atoms with van der Waals surface area (Å²) in [5.74, 6) is 0. The van der Waals surface area contributed by atoms with Gasteiger partial charge in [0.1, 0.15) is 0 Å². The molecule has 0 unspecified atom stereocenters. The van der Waals surface area contributed by atoms with E-state index in [0.717, 1.165) is 32.3 Å². The molecule has 0 saturated carbocycles. The van der Waals surface area contributed by atoms with Gasteiger partial charge >= 0.3 is 163 Å². The van der Waals surface area contributed by atoms with Crippen LogP contribution in [0.15, 0.2) is 72.8 Å². The third-order valence-corrected chi connectivity index (χ3v) is 10.7. The van der Waals surface area contributed by atoms with E-state index in [9.17, 15) is 11.8 Å². The third-order valence-electron chi connectivity index (χ3n) is 4.60. The summed E-state index contributed by atoms with van der Waals surface area (Å²) < 4.78 is 39.4. The van der Waals surface area contributed by atoms with Crippen LogP contribution in [-0.4, -0.2) is 12.5 Å². The first-order valence-corrected chi connectivity index (χ1v) is 12.6. The number of benzene rings is 3. The zero-order valence-corrected chi connectivity index (χ0v) is 17.8. The van der Waals surface area contributed by atoms with Gasteiger partial charge in [0.15, 0.2) is 0 Å². The van der Waals surface area contributed by atoms with Crippen LogP contribution in [0, 0.1) is 20.8 Å². The Morgan fingerprint density at radius 1 is 0.630 bits per heavy atom. The van der Waals surface area contributed by atoms with Crippen molar-refractivity contribution >= 4 is 23.9 Å². The molecule has 27 heavy (non-hydrogen) atoms. The van der Waals surface area contributed by atoms with Gasteiger partial charge in [0.05, 0.1) is 0 Å². The molecular formula is C21H22CrO4Si. The van der Waals surface area contributed by atoms with Gasteiger partial charge in [-0.15, -0.1) is 0 Å². The van der Waals surface area contributed by atoms with Crippen molar-refractivity contribution in [3.63, 3.8) is 0 Å². The van der Waals surface area contributed by atoms with Gasteiger partial charge in [-0.2, -0.15) is 0 Å². The fraction of sp³-hybridized carbons (Fsp3) is 0.143. The van der Waals surface area contributed by atoms with E-state index < -0.39 is 21.9 Å². The van der Waals surface area contributed by atoms with Crippen LogP contribution in [-0.2, 0) is 24.7 Å². The summed E-state index contributed by atoms with van der Waals surface area (Å²) in [6.07, 6.45) is 0. The van der Waals surface area contributed by atoms with Crippen molar-refractivity contribution < 1.29 is 28.9 Å². The van der Waals surface area contributed by atoms with E-state index in [1.54, 1.807) is 0 Å². The molecule has 3 aromatic carbocycles. The fourth-order valence-corrected chi connectivity index (χ4v) is 9.51. The van der Waals surface area contributed by atoms with Crippen LogP contribution >= 0.6 is 0 Å². The van der Waals surface area contributed by atoms with E-state index in [1.165, 1.54) is 0 Å². The summed E-state index contributed by atoms with van der Waals surface area (Å²) in [6, 6.07) is 22.9.